The molecule has 0 saturated heterocycles. The van der Waals surface area contributed by atoms with E-state index in [1.807, 2.05) is 0 Å². The summed E-state index contributed by atoms with van der Waals surface area (Å²) in [5.74, 6) is 3.94. The van der Waals surface area contributed by atoms with Gasteiger partial charge < -0.3 is 0 Å². The van der Waals surface area contributed by atoms with Crippen LogP contribution in [-0.4, -0.2) is 0 Å². The third-order valence-electron chi connectivity index (χ3n) is 3.95. The molecule has 1 rings (SSSR count). The van der Waals surface area contributed by atoms with E-state index < -0.39 is 0 Å². The average Bonchev–Trinajstić information content (AvgIpc) is 1.98. The summed E-state index contributed by atoms with van der Waals surface area (Å²) < 4.78 is 0. The van der Waals surface area contributed by atoms with E-state index in [9.17, 15) is 0 Å². The van der Waals surface area contributed by atoms with Gasteiger partial charge in [-0.3, -0.25) is 0 Å². The van der Waals surface area contributed by atoms with Crippen LogP contribution in [0, 0.1) is 23.7 Å². The molecule has 0 bridgehead atoms. The van der Waals surface area contributed by atoms with Crippen molar-refractivity contribution in [2.45, 2.75) is 72.6 Å². The predicted octanol–water partition coefficient (Wildman–Crippen LogP) is 5.28. The first-order chi connectivity index (χ1) is 7.09. The highest BCUT2D eigenvalue weighted by Gasteiger charge is 2.27. The maximum atomic E-state index is 2.38. The standard InChI is InChI=1S/C15H30/c1-12(2)7-5-10-15(11-13(3)4)14-8-6-9-14/h12-15H,5-11H2,1-4H3/t15-/m0/s1. The van der Waals surface area contributed by atoms with E-state index in [1.165, 1.54) is 44.9 Å². The lowest BCUT2D eigenvalue weighted by molar-refractivity contribution is 0.166. The fourth-order valence-electron chi connectivity index (χ4n) is 2.85. The molecule has 1 atom stereocenters. The van der Waals surface area contributed by atoms with E-state index in [-0.39, 0.29) is 0 Å². The van der Waals surface area contributed by atoms with E-state index in [4.69, 9.17) is 0 Å². The van der Waals surface area contributed by atoms with Crippen molar-refractivity contribution in [3.8, 4) is 0 Å². The van der Waals surface area contributed by atoms with Crippen molar-refractivity contribution in [2.24, 2.45) is 23.7 Å². The third kappa shape index (κ3) is 5.04. The smallest absolute Gasteiger partial charge is 0.0383 e. The van der Waals surface area contributed by atoms with Gasteiger partial charge in [0.2, 0.25) is 0 Å². The second-order valence-electron chi connectivity index (χ2n) is 6.41. The van der Waals surface area contributed by atoms with Crippen molar-refractivity contribution >= 4 is 0 Å². The summed E-state index contributed by atoms with van der Waals surface area (Å²) in [6.45, 7) is 9.46. The van der Waals surface area contributed by atoms with Gasteiger partial charge in [-0.25, -0.2) is 0 Å². The molecular weight excluding hydrogens is 180 g/mol. The fourth-order valence-corrected chi connectivity index (χ4v) is 2.85. The van der Waals surface area contributed by atoms with Crippen molar-refractivity contribution in [2.75, 3.05) is 0 Å². The highest BCUT2D eigenvalue weighted by Crippen LogP contribution is 2.39. The molecule has 0 radical (unpaired) electrons. The summed E-state index contributed by atoms with van der Waals surface area (Å²) in [6, 6.07) is 0. The normalized spacial score (nSPS) is 19.6. The van der Waals surface area contributed by atoms with Gasteiger partial charge in [0.25, 0.3) is 0 Å². The van der Waals surface area contributed by atoms with Crippen LogP contribution in [0.2, 0.25) is 0 Å². The fraction of sp³-hybridized carbons (Fsp3) is 1.00. The first kappa shape index (κ1) is 13.1. The largest absolute Gasteiger partial charge is 0.0628 e. The second-order valence-corrected chi connectivity index (χ2v) is 6.41. The quantitative estimate of drug-likeness (QED) is 0.536. The summed E-state index contributed by atoms with van der Waals surface area (Å²) >= 11 is 0. The van der Waals surface area contributed by atoms with Crippen LogP contribution in [0.15, 0.2) is 0 Å². The second kappa shape index (κ2) is 6.55. The summed E-state index contributed by atoms with van der Waals surface area (Å²) in [7, 11) is 0. The molecule has 1 aliphatic rings. The van der Waals surface area contributed by atoms with Crippen LogP contribution in [0.4, 0.5) is 0 Å². The van der Waals surface area contributed by atoms with E-state index >= 15 is 0 Å². The Morgan fingerprint density at radius 3 is 2.00 bits per heavy atom. The van der Waals surface area contributed by atoms with E-state index in [1.54, 1.807) is 0 Å². The first-order valence-corrected chi connectivity index (χ1v) is 7.09. The minimum absolute atomic E-state index is 0.895. The van der Waals surface area contributed by atoms with Gasteiger partial charge >= 0.3 is 0 Å². The molecule has 0 heterocycles. The van der Waals surface area contributed by atoms with Crippen LogP contribution in [0.3, 0.4) is 0 Å². The molecule has 0 nitrogen and oxygen atoms in total. The first-order valence-electron chi connectivity index (χ1n) is 7.09. The summed E-state index contributed by atoms with van der Waals surface area (Å²) in [6.07, 6.45) is 10.4. The molecule has 1 saturated carbocycles. The van der Waals surface area contributed by atoms with Crippen molar-refractivity contribution in [3.05, 3.63) is 0 Å². The Balaban J connectivity index is 2.22. The molecule has 15 heavy (non-hydrogen) atoms. The van der Waals surface area contributed by atoms with Crippen LogP contribution in [-0.2, 0) is 0 Å². The van der Waals surface area contributed by atoms with Crippen molar-refractivity contribution in [1.29, 1.82) is 0 Å². The number of hydrogen-bond acceptors (Lipinski definition) is 0. The molecule has 1 aliphatic carbocycles. The summed E-state index contributed by atoms with van der Waals surface area (Å²) in [4.78, 5) is 0. The molecule has 0 unspecified atom stereocenters. The van der Waals surface area contributed by atoms with E-state index in [0.29, 0.717) is 0 Å². The Hall–Kier alpha value is 0. The molecular formula is C15H30. The average molecular weight is 210 g/mol. The molecule has 0 aromatic rings. The molecule has 0 aliphatic heterocycles. The minimum Gasteiger partial charge on any atom is -0.0628 e. The zero-order valence-corrected chi connectivity index (χ0v) is 11.3. The van der Waals surface area contributed by atoms with Gasteiger partial charge in [-0.05, 0) is 30.1 Å². The van der Waals surface area contributed by atoms with Crippen LogP contribution < -0.4 is 0 Å². The molecule has 0 heteroatoms. The minimum atomic E-state index is 0.895. The topological polar surface area (TPSA) is 0 Å². The van der Waals surface area contributed by atoms with Crippen LogP contribution in [0.5, 0.6) is 0 Å². The molecule has 0 aromatic carbocycles. The zero-order valence-electron chi connectivity index (χ0n) is 11.3. The lowest BCUT2D eigenvalue weighted by atomic mass is 9.71. The van der Waals surface area contributed by atoms with Gasteiger partial charge in [0.05, 0.1) is 0 Å². The lowest BCUT2D eigenvalue weighted by Gasteiger charge is -2.35. The van der Waals surface area contributed by atoms with Crippen molar-refractivity contribution in [1.82, 2.24) is 0 Å². The molecule has 0 amide bonds. The molecule has 1 fully saturated rings. The van der Waals surface area contributed by atoms with Crippen LogP contribution >= 0.6 is 0 Å². The van der Waals surface area contributed by atoms with Gasteiger partial charge in [0.15, 0.2) is 0 Å². The predicted molar refractivity (Wildman–Crippen MR) is 69.0 cm³/mol. The summed E-state index contributed by atoms with van der Waals surface area (Å²) in [5.41, 5.74) is 0. The molecule has 90 valence electrons. The maximum Gasteiger partial charge on any atom is -0.0383 e. The molecule has 0 aromatic heterocycles. The highest BCUT2D eigenvalue weighted by atomic mass is 14.3. The van der Waals surface area contributed by atoms with Crippen molar-refractivity contribution < 1.29 is 0 Å². The Bertz CT molecular complexity index is 153. The van der Waals surface area contributed by atoms with Gasteiger partial charge in [-0.2, -0.15) is 0 Å². The van der Waals surface area contributed by atoms with Crippen molar-refractivity contribution in [3.63, 3.8) is 0 Å². The van der Waals surface area contributed by atoms with Gasteiger partial charge in [-0.1, -0.05) is 66.2 Å². The third-order valence-corrected chi connectivity index (χ3v) is 3.95. The van der Waals surface area contributed by atoms with Gasteiger partial charge in [0.1, 0.15) is 0 Å². The summed E-state index contributed by atoms with van der Waals surface area (Å²) in [5, 5.41) is 0. The number of hydrogen-bond donors (Lipinski definition) is 0. The lowest BCUT2D eigenvalue weighted by Crippen LogP contribution is -2.23. The Kier molecular flexibility index (Phi) is 5.71. The van der Waals surface area contributed by atoms with Crippen LogP contribution in [0.1, 0.15) is 72.6 Å². The van der Waals surface area contributed by atoms with Gasteiger partial charge in [0, 0.05) is 0 Å². The highest BCUT2D eigenvalue weighted by molar-refractivity contribution is 4.78. The Labute approximate surface area is 96.8 Å². The monoisotopic (exact) mass is 210 g/mol. The zero-order chi connectivity index (χ0) is 11.3. The van der Waals surface area contributed by atoms with E-state index in [2.05, 4.69) is 27.7 Å². The van der Waals surface area contributed by atoms with Crippen LogP contribution in [0.25, 0.3) is 0 Å². The molecule has 0 spiro atoms. The Morgan fingerprint density at radius 1 is 0.933 bits per heavy atom. The Morgan fingerprint density at radius 2 is 1.60 bits per heavy atom. The number of rotatable bonds is 7. The van der Waals surface area contributed by atoms with E-state index in [0.717, 1.165) is 23.7 Å². The SMILES string of the molecule is CC(C)CCC[C@@H](CC(C)C)C1CCC1. The maximum absolute atomic E-state index is 2.38. The van der Waals surface area contributed by atoms with Gasteiger partial charge in [-0.15, -0.1) is 0 Å². The molecule has 0 N–H and O–H groups in total.